The lowest BCUT2D eigenvalue weighted by Crippen LogP contribution is -2.44. The van der Waals surface area contributed by atoms with Crippen molar-refractivity contribution in [3.8, 4) is 5.75 Å². The monoisotopic (exact) mass is 276 g/mol. The first-order chi connectivity index (χ1) is 9.59. The van der Waals surface area contributed by atoms with Crippen LogP contribution in [0.2, 0.25) is 0 Å². The maximum absolute atomic E-state index is 10.0. The molecule has 1 unspecified atom stereocenters. The minimum Gasteiger partial charge on any atom is -0.507 e. The fourth-order valence-corrected chi connectivity index (χ4v) is 3.08. The fraction of sp³-hybridized carbons (Fsp3) is 0.647. The number of hydrogen-bond acceptors (Lipinski definition) is 3. The quantitative estimate of drug-likeness (QED) is 0.838. The molecule has 1 fully saturated rings. The van der Waals surface area contributed by atoms with Gasteiger partial charge in [0.25, 0.3) is 0 Å². The van der Waals surface area contributed by atoms with Crippen LogP contribution in [0.25, 0.3) is 0 Å². The molecular formula is C17H28N2O. The normalized spacial score (nSPS) is 17.8. The van der Waals surface area contributed by atoms with Gasteiger partial charge in [-0.25, -0.2) is 0 Å². The number of para-hydroxylation sites is 1. The van der Waals surface area contributed by atoms with E-state index in [-0.39, 0.29) is 0 Å². The van der Waals surface area contributed by atoms with Crippen molar-refractivity contribution in [1.29, 1.82) is 0 Å². The summed E-state index contributed by atoms with van der Waals surface area (Å²) in [5.41, 5.74) is 1.94. The highest BCUT2D eigenvalue weighted by Crippen LogP contribution is 2.21. The Morgan fingerprint density at radius 2 is 1.95 bits per heavy atom. The number of nitrogens with zero attached hydrogens (tertiary/aromatic N) is 1. The van der Waals surface area contributed by atoms with Gasteiger partial charge in [0.1, 0.15) is 5.75 Å². The van der Waals surface area contributed by atoms with Crippen molar-refractivity contribution < 1.29 is 5.11 Å². The molecule has 0 aromatic heterocycles. The summed E-state index contributed by atoms with van der Waals surface area (Å²) in [7, 11) is 0. The van der Waals surface area contributed by atoms with Crippen LogP contribution in [-0.2, 0) is 6.54 Å². The minimum atomic E-state index is 0.433. The summed E-state index contributed by atoms with van der Waals surface area (Å²) >= 11 is 0. The zero-order valence-electron chi connectivity index (χ0n) is 13.0. The Kier molecular flexibility index (Phi) is 5.44. The molecule has 0 bridgehead atoms. The van der Waals surface area contributed by atoms with E-state index in [1.807, 2.05) is 25.1 Å². The van der Waals surface area contributed by atoms with Gasteiger partial charge in [-0.3, -0.25) is 4.90 Å². The third-order valence-corrected chi connectivity index (χ3v) is 4.37. The lowest BCUT2D eigenvalue weighted by molar-refractivity contribution is 0.186. The summed E-state index contributed by atoms with van der Waals surface area (Å²) in [6.45, 7) is 10.7. The van der Waals surface area contributed by atoms with Crippen molar-refractivity contribution >= 4 is 0 Å². The molecule has 1 atom stereocenters. The summed E-state index contributed by atoms with van der Waals surface area (Å²) in [6, 6.07) is 6.55. The average Bonchev–Trinajstić information content (AvgIpc) is 2.92. The molecule has 1 aliphatic rings. The van der Waals surface area contributed by atoms with E-state index in [1.165, 1.54) is 25.9 Å². The van der Waals surface area contributed by atoms with E-state index >= 15 is 0 Å². The smallest absolute Gasteiger partial charge is 0.122 e. The van der Waals surface area contributed by atoms with Gasteiger partial charge in [-0.1, -0.05) is 32.0 Å². The Morgan fingerprint density at radius 3 is 2.60 bits per heavy atom. The van der Waals surface area contributed by atoms with Gasteiger partial charge in [0.15, 0.2) is 0 Å². The van der Waals surface area contributed by atoms with E-state index in [1.54, 1.807) is 0 Å². The second-order valence-electron chi connectivity index (χ2n) is 6.27. The van der Waals surface area contributed by atoms with Crippen LogP contribution in [0.5, 0.6) is 5.75 Å². The largest absolute Gasteiger partial charge is 0.507 e. The molecule has 0 spiro atoms. The number of hydrogen-bond donors (Lipinski definition) is 2. The maximum atomic E-state index is 10.0. The lowest BCUT2D eigenvalue weighted by atomic mass is 10.0. The van der Waals surface area contributed by atoms with Crippen LogP contribution in [-0.4, -0.2) is 35.7 Å². The van der Waals surface area contributed by atoms with Crippen LogP contribution in [0.1, 0.15) is 37.8 Å². The molecule has 112 valence electrons. The average molecular weight is 276 g/mol. The summed E-state index contributed by atoms with van der Waals surface area (Å²) in [4.78, 5) is 2.60. The van der Waals surface area contributed by atoms with Gasteiger partial charge in [0.05, 0.1) is 0 Å². The molecule has 0 aliphatic carbocycles. The molecular weight excluding hydrogens is 248 g/mol. The predicted molar refractivity (Wildman–Crippen MR) is 84.0 cm³/mol. The number of rotatable bonds is 6. The van der Waals surface area contributed by atoms with Crippen molar-refractivity contribution in [1.82, 2.24) is 10.2 Å². The second kappa shape index (κ2) is 7.09. The van der Waals surface area contributed by atoms with Gasteiger partial charge in [0, 0.05) is 24.7 Å². The number of likely N-dealkylation sites (tertiary alicyclic amines) is 1. The standard InChI is InChI=1S/C17H28N2O/c1-13(2)16(19-9-4-5-10-19)12-18-11-15-8-6-7-14(3)17(15)20/h6-8,13,16,18,20H,4-5,9-12H2,1-3H3. The first kappa shape index (κ1) is 15.3. The molecule has 2 rings (SSSR count). The first-order valence-electron chi connectivity index (χ1n) is 7.82. The molecule has 20 heavy (non-hydrogen) atoms. The van der Waals surface area contributed by atoms with Crippen molar-refractivity contribution in [2.24, 2.45) is 5.92 Å². The van der Waals surface area contributed by atoms with E-state index in [0.29, 0.717) is 17.7 Å². The zero-order chi connectivity index (χ0) is 14.5. The highest BCUT2D eigenvalue weighted by Gasteiger charge is 2.24. The maximum Gasteiger partial charge on any atom is 0.122 e. The Labute approximate surface area is 123 Å². The van der Waals surface area contributed by atoms with Gasteiger partial charge in [-0.05, 0) is 44.3 Å². The van der Waals surface area contributed by atoms with Crippen molar-refractivity contribution in [3.63, 3.8) is 0 Å². The van der Waals surface area contributed by atoms with E-state index in [0.717, 1.165) is 24.2 Å². The van der Waals surface area contributed by atoms with Crippen molar-refractivity contribution in [2.75, 3.05) is 19.6 Å². The van der Waals surface area contributed by atoms with E-state index in [4.69, 9.17) is 0 Å². The number of phenolic OH excluding ortho intramolecular Hbond substituents is 1. The summed E-state index contributed by atoms with van der Waals surface area (Å²) in [5.74, 6) is 1.09. The second-order valence-corrected chi connectivity index (χ2v) is 6.27. The molecule has 1 aromatic carbocycles. The lowest BCUT2D eigenvalue weighted by Gasteiger charge is -2.31. The molecule has 0 amide bonds. The van der Waals surface area contributed by atoms with Gasteiger partial charge in [-0.15, -0.1) is 0 Å². The van der Waals surface area contributed by atoms with Gasteiger partial charge < -0.3 is 10.4 Å². The third-order valence-electron chi connectivity index (χ3n) is 4.37. The molecule has 2 N–H and O–H groups in total. The summed E-state index contributed by atoms with van der Waals surface area (Å²) in [6.07, 6.45) is 2.67. The van der Waals surface area contributed by atoms with Crippen LogP contribution >= 0.6 is 0 Å². The molecule has 1 heterocycles. The fourth-order valence-electron chi connectivity index (χ4n) is 3.08. The number of benzene rings is 1. The molecule has 0 saturated carbocycles. The zero-order valence-corrected chi connectivity index (χ0v) is 13.0. The van der Waals surface area contributed by atoms with Gasteiger partial charge in [0.2, 0.25) is 0 Å². The topological polar surface area (TPSA) is 35.5 Å². The third kappa shape index (κ3) is 3.74. The molecule has 1 aromatic rings. The van der Waals surface area contributed by atoms with Crippen LogP contribution in [0.4, 0.5) is 0 Å². The Hall–Kier alpha value is -1.06. The molecule has 1 aliphatic heterocycles. The van der Waals surface area contributed by atoms with Gasteiger partial charge >= 0.3 is 0 Å². The van der Waals surface area contributed by atoms with E-state index in [9.17, 15) is 5.11 Å². The summed E-state index contributed by atoms with van der Waals surface area (Å²) in [5, 5.41) is 13.6. The Balaban J connectivity index is 1.88. The number of aryl methyl sites for hydroxylation is 1. The summed E-state index contributed by atoms with van der Waals surface area (Å²) < 4.78 is 0. The number of phenols is 1. The molecule has 3 heteroatoms. The van der Waals surface area contributed by atoms with E-state index in [2.05, 4.69) is 24.1 Å². The number of nitrogens with one attached hydrogen (secondary N) is 1. The first-order valence-corrected chi connectivity index (χ1v) is 7.82. The number of aromatic hydroxyl groups is 1. The van der Waals surface area contributed by atoms with Crippen LogP contribution < -0.4 is 5.32 Å². The molecule has 3 nitrogen and oxygen atoms in total. The molecule has 0 radical (unpaired) electrons. The Bertz CT molecular complexity index is 425. The Morgan fingerprint density at radius 1 is 1.25 bits per heavy atom. The minimum absolute atomic E-state index is 0.433. The SMILES string of the molecule is Cc1cccc(CNCC(C(C)C)N2CCCC2)c1O. The highest BCUT2D eigenvalue weighted by molar-refractivity contribution is 5.39. The van der Waals surface area contributed by atoms with Crippen molar-refractivity contribution in [2.45, 2.75) is 46.2 Å². The van der Waals surface area contributed by atoms with Crippen LogP contribution in [0.15, 0.2) is 18.2 Å². The molecule has 1 saturated heterocycles. The predicted octanol–water partition coefficient (Wildman–Crippen LogP) is 2.91. The van der Waals surface area contributed by atoms with Crippen molar-refractivity contribution in [3.05, 3.63) is 29.3 Å². The van der Waals surface area contributed by atoms with Gasteiger partial charge in [-0.2, -0.15) is 0 Å². The van der Waals surface area contributed by atoms with Crippen LogP contribution in [0.3, 0.4) is 0 Å². The van der Waals surface area contributed by atoms with Crippen LogP contribution in [0, 0.1) is 12.8 Å². The van der Waals surface area contributed by atoms with E-state index < -0.39 is 0 Å². The highest BCUT2D eigenvalue weighted by atomic mass is 16.3.